The first-order chi connectivity index (χ1) is 13.6. The standard InChI is InChI=1S/C22H26N2O2S2/c1-14-6-5-7-16(12-14)26-10-3-4-11-27-22-23-20(25)19-17-9-8-15(2)13-18(17)28-21(19)24-22/h5-7,12,15H,3-4,8-11,13H2,1-2H3,(H,23,24,25). The number of nitrogens with zero attached hydrogens (tertiary/aromatic N) is 1. The summed E-state index contributed by atoms with van der Waals surface area (Å²) in [5, 5.41) is 1.58. The number of aromatic nitrogens is 2. The maximum absolute atomic E-state index is 12.6. The predicted molar refractivity (Wildman–Crippen MR) is 118 cm³/mol. The maximum Gasteiger partial charge on any atom is 0.260 e. The lowest BCUT2D eigenvalue weighted by Gasteiger charge is -2.17. The molecule has 2 heterocycles. The molecule has 1 aliphatic rings. The fourth-order valence-corrected chi connectivity index (χ4v) is 5.97. The Morgan fingerprint density at radius 1 is 1.36 bits per heavy atom. The zero-order chi connectivity index (χ0) is 19.5. The van der Waals surface area contributed by atoms with Crippen molar-refractivity contribution in [1.29, 1.82) is 0 Å². The zero-order valence-corrected chi connectivity index (χ0v) is 18.0. The summed E-state index contributed by atoms with van der Waals surface area (Å²) in [6.07, 6.45) is 5.27. The molecule has 0 saturated carbocycles. The van der Waals surface area contributed by atoms with E-state index in [1.54, 1.807) is 23.1 Å². The summed E-state index contributed by atoms with van der Waals surface area (Å²) in [7, 11) is 0. The van der Waals surface area contributed by atoms with Gasteiger partial charge in [0.1, 0.15) is 10.6 Å². The molecule has 148 valence electrons. The average molecular weight is 415 g/mol. The van der Waals surface area contributed by atoms with Crippen LogP contribution in [0.3, 0.4) is 0 Å². The topological polar surface area (TPSA) is 55.0 Å². The van der Waals surface area contributed by atoms with Crippen molar-refractivity contribution >= 4 is 33.3 Å². The maximum atomic E-state index is 12.6. The number of hydrogen-bond donors (Lipinski definition) is 1. The molecule has 1 unspecified atom stereocenters. The fraction of sp³-hybridized carbons (Fsp3) is 0.455. The summed E-state index contributed by atoms with van der Waals surface area (Å²) in [6.45, 7) is 5.07. The van der Waals surface area contributed by atoms with Gasteiger partial charge in [0.15, 0.2) is 5.16 Å². The Balaban J connectivity index is 1.31. The van der Waals surface area contributed by atoms with Crippen LogP contribution in [0.15, 0.2) is 34.2 Å². The van der Waals surface area contributed by atoms with Crippen LogP contribution in [0, 0.1) is 12.8 Å². The van der Waals surface area contributed by atoms with Crippen LogP contribution >= 0.6 is 23.1 Å². The van der Waals surface area contributed by atoms with Crippen molar-refractivity contribution in [3.05, 3.63) is 50.6 Å². The van der Waals surface area contributed by atoms with Crippen LogP contribution in [-0.4, -0.2) is 22.3 Å². The van der Waals surface area contributed by atoms with E-state index in [0.717, 1.165) is 52.6 Å². The third-order valence-corrected chi connectivity index (χ3v) is 7.29. The summed E-state index contributed by atoms with van der Waals surface area (Å²) in [4.78, 5) is 22.6. The van der Waals surface area contributed by atoms with Gasteiger partial charge < -0.3 is 9.72 Å². The number of aryl methyl sites for hydroxylation is 2. The Bertz CT molecular complexity index is 1030. The molecule has 0 spiro atoms. The quantitative estimate of drug-likeness (QED) is 0.321. The minimum absolute atomic E-state index is 0.0299. The van der Waals surface area contributed by atoms with Crippen molar-refractivity contribution in [2.45, 2.75) is 51.1 Å². The highest BCUT2D eigenvalue weighted by Crippen LogP contribution is 2.36. The van der Waals surface area contributed by atoms with E-state index in [4.69, 9.17) is 9.72 Å². The zero-order valence-electron chi connectivity index (χ0n) is 16.4. The van der Waals surface area contributed by atoms with Crippen LogP contribution in [0.25, 0.3) is 10.2 Å². The van der Waals surface area contributed by atoms with Crippen LogP contribution in [0.2, 0.25) is 0 Å². The number of thiophene rings is 1. The Kier molecular flexibility index (Phi) is 6.07. The number of unbranched alkanes of at least 4 members (excludes halogenated alkanes) is 1. The molecule has 0 saturated heterocycles. The normalized spacial score (nSPS) is 16.3. The number of thioether (sulfide) groups is 1. The van der Waals surface area contributed by atoms with Crippen molar-refractivity contribution in [1.82, 2.24) is 9.97 Å². The molecular weight excluding hydrogens is 388 g/mol. The van der Waals surface area contributed by atoms with Gasteiger partial charge in [-0.1, -0.05) is 30.8 Å². The minimum atomic E-state index is 0.0299. The van der Waals surface area contributed by atoms with Gasteiger partial charge in [-0.3, -0.25) is 4.79 Å². The Morgan fingerprint density at radius 3 is 3.11 bits per heavy atom. The van der Waals surface area contributed by atoms with Gasteiger partial charge in [0.2, 0.25) is 0 Å². The van der Waals surface area contributed by atoms with Gasteiger partial charge >= 0.3 is 0 Å². The highest BCUT2D eigenvalue weighted by molar-refractivity contribution is 7.99. The minimum Gasteiger partial charge on any atom is -0.494 e. The van der Waals surface area contributed by atoms with Crippen molar-refractivity contribution in [2.24, 2.45) is 5.92 Å². The number of fused-ring (bicyclic) bond motifs is 3. The first kappa shape index (κ1) is 19.5. The first-order valence-corrected chi connectivity index (χ1v) is 11.8. The van der Waals surface area contributed by atoms with Gasteiger partial charge in [-0.05, 0) is 68.2 Å². The number of ether oxygens (including phenoxy) is 1. The van der Waals surface area contributed by atoms with E-state index >= 15 is 0 Å². The predicted octanol–water partition coefficient (Wildman–Crippen LogP) is 5.37. The smallest absolute Gasteiger partial charge is 0.260 e. The molecule has 0 bridgehead atoms. The largest absolute Gasteiger partial charge is 0.494 e. The summed E-state index contributed by atoms with van der Waals surface area (Å²) >= 11 is 3.34. The molecular formula is C22H26N2O2S2. The summed E-state index contributed by atoms with van der Waals surface area (Å²) in [6, 6.07) is 8.13. The lowest BCUT2D eigenvalue weighted by molar-refractivity contribution is 0.309. The molecule has 2 aromatic heterocycles. The molecule has 0 radical (unpaired) electrons. The SMILES string of the molecule is Cc1cccc(OCCCCSc2nc3sc4c(c3c(=O)[nH]2)CCC(C)C4)c1. The van der Waals surface area contributed by atoms with Crippen molar-refractivity contribution in [2.75, 3.05) is 12.4 Å². The van der Waals surface area contributed by atoms with Crippen molar-refractivity contribution in [3.63, 3.8) is 0 Å². The second kappa shape index (κ2) is 8.70. The van der Waals surface area contributed by atoms with E-state index < -0.39 is 0 Å². The number of rotatable bonds is 7. The van der Waals surface area contributed by atoms with E-state index in [2.05, 4.69) is 31.0 Å². The molecule has 1 atom stereocenters. The Hall–Kier alpha value is -1.79. The van der Waals surface area contributed by atoms with Crippen LogP contribution in [0.5, 0.6) is 5.75 Å². The number of aromatic amines is 1. The Labute approximate surface area is 173 Å². The average Bonchev–Trinajstić information content (AvgIpc) is 3.02. The molecule has 6 heteroatoms. The molecule has 0 aliphatic heterocycles. The third-order valence-electron chi connectivity index (χ3n) is 5.18. The van der Waals surface area contributed by atoms with E-state index in [1.807, 2.05) is 12.1 Å². The monoisotopic (exact) mass is 414 g/mol. The highest BCUT2D eigenvalue weighted by Gasteiger charge is 2.23. The van der Waals surface area contributed by atoms with Crippen LogP contribution in [0.1, 0.15) is 42.2 Å². The van der Waals surface area contributed by atoms with E-state index in [0.29, 0.717) is 12.5 Å². The van der Waals surface area contributed by atoms with Crippen LogP contribution in [-0.2, 0) is 12.8 Å². The van der Waals surface area contributed by atoms with Gasteiger partial charge in [-0.15, -0.1) is 11.3 Å². The number of hydrogen-bond acceptors (Lipinski definition) is 5. The lowest BCUT2D eigenvalue weighted by atomic mass is 9.89. The number of H-pyrrole nitrogens is 1. The van der Waals surface area contributed by atoms with Gasteiger partial charge in [0, 0.05) is 10.6 Å². The molecule has 1 N–H and O–H groups in total. The summed E-state index contributed by atoms with van der Waals surface area (Å²) in [5.74, 6) is 2.56. The molecule has 4 rings (SSSR count). The Morgan fingerprint density at radius 2 is 2.25 bits per heavy atom. The van der Waals surface area contributed by atoms with E-state index in [9.17, 15) is 4.79 Å². The second-order valence-electron chi connectivity index (χ2n) is 7.62. The third kappa shape index (κ3) is 4.44. The van der Waals surface area contributed by atoms with Gasteiger partial charge in [0.05, 0.1) is 12.0 Å². The molecule has 28 heavy (non-hydrogen) atoms. The lowest BCUT2D eigenvalue weighted by Crippen LogP contribution is -2.13. The van der Waals surface area contributed by atoms with Gasteiger partial charge in [0.25, 0.3) is 5.56 Å². The second-order valence-corrected chi connectivity index (χ2v) is 9.79. The van der Waals surface area contributed by atoms with Crippen molar-refractivity contribution in [3.8, 4) is 5.75 Å². The summed E-state index contributed by atoms with van der Waals surface area (Å²) in [5.41, 5.74) is 2.49. The van der Waals surface area contributed by atoms with E-state index in [1.165, 1.54) is 22.4 Å². The molecule has 0 fully saturated rings. The van der Waals surface area contributed by atoms with Crippen molar-refractivity contribution < 1.29 is 4.74 Å². The molecule has 4 nitrogen and oxygen atoms in total. The number of benzene rings is 1. The van der Waals surface area contributed by atoms with Crippen LogP contribution < -0.4 is 10.3 Å². The molecule has 3 aromatic rings. The first-order valence-electron chi connectivity index (χ1n) is 9.97. The molecule has 1 aliphatic carbocycles. The van der Waals surface area contributed by atoms with Gasteiger partial charge in [-0.25, -0.2) is 4.98 Å². The van der Waals surface area contributed by atoms with Crippen LogP contribution in [0.4, 0.5) is 0 Å². The van der Waals surface area contributed by atoms with Gasteiger partial charge in [-0.2, -0.15) is 0 Å². The summed E-state index contributed by atoms with van der Waals surface area (Å²) < 4.78 is 5.79. The van der Waals surface area contributed by atoms with E-state index in [-0.39, 0.29) is 5.56 Å². The highest BCUT2D eigenvalue weighted by atomic mass is 32.2. The fourth-order valence-electron chi connectivity index (χ4n) is 3.67. The molecule has 1 aromatic carbocycles. The number of nitrogens with one attached hydrogen (secondary N) is 1. The molecule has 0 amide bonds.